The summed E-state index contributed by atoms with van der Waals surface area (Å²) in [6.07, 6.45) is 0.941. The van der Waals surface area contributed by atoms with Crippen LogP contribution < -0.4 is 4.74 Å². The largest absolute Gasteiger partial charge is 0.508 e. The zero-order valence-corrected chi connectivity index (χ0v) is 9.54. The third-order valence-corrected chi connectivity index (χ3v) is 3.35. The van der Waals surface area contributed by atoms with Crippen LogP contribution in [0.15, 0.2) is 28.7 Å². The quantitative estimate of drug-likeness (QED) is 0.792. The first kappa shape index (κ1) is 9.04. The summed E-state index contributed by atoms with van der Waals surface area (Å²) in [7, 11) is 0. The summed E-state index contributed by atoms with van der Waals surface area (Å²) in [5.41, 5.74) is 1.24. The van der Waals surface area contributed by atoms with Crippen molar-refractivity contribution in [1.82, 2.24) is 0 Å². The van der Waals surface area contributed by atoms with Crippen molar-refractivity contribution < 1.29 is 9.84 Å². The molecular weight excluding hydrogens is 256 g/mol. The molecule has 0 atom stereocenters. The summed E-state index contributed by atoms with van der Waals surface area (Å²) < 4.78 is 6.44. The molecule has 0 aromatic heterocycles. The van der Waals surface area contributed by atoms with Gasteiger partial charge in [-0.1, -0.05) is 22.0 Å². The number of hydrogen-bond acceptors (Lipinski definition) is 2. The first-order valence-corrected chi connectivity index (χ1v) is 5.62. The molecular formula is C12H9BrO2. The Hall–Kier alpha value is -1.22. The van der Waals surface area contributed by atoms with Crippen molar-refractivity contribution in [3.8, 4) is 11.5 Å². The molecule has 1 N–H and O–H groups in total. The van der Waals surface area contributed by atoms with Gasteiger partial charge in [0, 0.05) is 21.8 Å². The van der Waals surface area contributed by atoms with E-state index >= 15 is 0 Å². The van der Waals surface area contributed by atoms with E-state index in [1.54, 1.807) is 12.1 Å². The molecule has 0 saturated heterocycles. The Morgan fingerprint density at radius 2 is 2.13 bits per heavy atom. The van der Waals surface area contributed by atoms with Gasteiger partial charge in [-0.2, -0.15) is 0 Å². The Kier molecular flexibility index (Phi) is 1.89. The second-order valence-corrected chi connectivity index (χ2v) is 4.52. The molecule has 3 rings (SSSR count). The minimum atomic E-state index is 0.285. The molecule has 1 aliphatic rings. The Morgan fingerprint density at radius 1 is 1.27 bits per heavy atom. The molecule has 0 aliphatic carbocycles. The highest BCUT2D eigenvalue weighted by atomic mass is 79.9. The molecule has 0 bridgehead atoms. The maximum atomic E-state index is 9.50. The monoisotopic (exact) mass is 264 g/mol. The van der Waals surface area contributed by atoms with Crippen LogP contribution in [0.25, 0.3) is 10.8 Å². The van der Waals surface area contributed by atoms with Gasteiger partial charge in [0.1, 0.15) is 11.5 Å². The van der Waals surface area contributed by atoms with Crippen LogP contribution in [0.2, 0.25) is 0 Å². The first-order valence-electron chi connectivity index (χ1n) is 4.82. The Labute approximate surface area is 95.6 Å². The standard InChI is InChI=1S/C12H9BrO2/c13-10-6-8(14)5-7-1-2-11-9(12(7)10)3-4-15-11/h1-2,5-6,14H,3-4H2. The molecule has 2 aromatic rings. The Balaban J connectivity index is 2.45. The summed E-state index contributed by atoms with van der Waals surface area (Å²) in [6.45, 7) is 0.752. The molecule has 76 valence electrons. The zero-order chi connectivity index (χ0) is 10.4. The molecule has 1 heterocycles. The van der Waals surface area contributed by atoms with Crippen LogP contribution in [-0.4, -0.2) is 11.7 Å². The fraction of sp³-hybridized carbons (Fsp3) is 0.167. The highest BCUT2D eigenvalue weighted by Gasteiger charge is 2.17. The van der Waals surface area contributed by atoms with Gasteiger partial charge < -0.3 is 9.84 Å². The van der Waals surface area contributed by atoms with E-state index in [0.29, 0.717) is 0 Å². The zero-order valence-electron chi connectivity index (χ0n) is 7.96. The van der Waals surface area contributed by atoms with E-state index in [0.717, 1.165) is 34.0 Å². The van der Waals surface area contributed by atoms with Crippen molar-refractivity contribution in [2.45, 2.75) is 6.42 Å². The number of aromatic hydroxyl groups is 1. The average Bonchev–Trinajstić information content (AvgIpc) is 2.63. The minimum Gasteiger partial charge on any atom is -0.508 e. The van der Waals surface area contributed by atoms with Crippen LogP contribution in [0, 0.1) is 0 Å². The Morgan fingerprint density at radius 3 is 3.00 bits per heavy atom. The molecule has 0 saturated carbocycles. The van der Waals surface area contributed by atoms with E-state index < -0.39 is 0 Å². The van der Waals surface area contributed by atoms with Gasteiger partial charge in [-0.25, -0.2) is 0 Å². The van der Waals surface area contributed by atoms with Crippen LogP contribution in [-0.2, 0) is 6.42 Å². The van der Waals surface area contributed by atoms with Crippen LogP contribution >= 0.6 is 15.9 Å². The van der Waals surface area contributed by atoms with Crippen molar-refractivity contribution in [2.75, 3.05) is 6.61 Å². The van der Waals surface area contributed by atoms with Gasteiger partial charge in [-0.05, 0) is 23.6 Å². The molecule has 0 spiro atoms. The van der Waals surface area contributed by atoms with E-state index in [2.05, 4.69) is 15.9 Å². The molecule has 2 nitrogen and oxygen atoms in total. The third kappa shape index (κ3) is 1.30. The summed E-state index contributed by atoms with van der Waals surface area (Å²) >= 11 is 3.49. The number of fused-ring (bicyclic) bond motifs is 3. The van der Waals surface area contributed by atoms with E-state index in [-0.39, 0.29) is 5.75 Å². The smallest absolute Gasteiger partial charge is 0.123 e. The third-order valence-electron chi connectivity index (χ3n) is 2.73. The molecule has 15 heavy (non-hydrogen) atoms. The van der Waals surface area contributed by atoms with E-state index in [1.165, 1.54) is 5.56 Å². The van der Waals surface area contributed by atoms with Crippen molar-refractivity contribution in [3.63, 3.8) is 0 Å². The number of phenolic OH excluding ortho intramolecular Hbond substituents is 1. The van der Waals surface area contributed by atoms with Crippen molar-refractivity contribution in [2.24, 2.45) is 0 Å². The second kappa shape index (κ2) is 3.14. The summed E-state index contributed by atoms with van der Waals surface area (Å²) in [5, 5.41) is 11.7. The molecule has 0 unspecified atom stereocenters. The fourth-order valence-corrected chi connectivity index (χ4v) is 2.80. The first-order chi connectivity index (χ1) is 7.25. The van der Waals surface area contributed by atoms with Crippen LogP contribution in [0.3, 0.4) is 0 Å². The molecule has 0 amide bonds. The predicted molar refractivity (Wildman–Crippen MR) is 62.5 cm³/mol. The Bertz CT molecular complexity index is 549. The number of benzene rings is 2. The highest BCUT2D eigenvalue weighted by molar-refractivity contribution is 9.10. The normalized spacial score (nSPS) is 13.9. The number of halogens is 1. The lowest BCUT2D eigenvalue weighted by Crippen LogP contribution is -1.86. The molecule has 0 radical (unpaired) electrons. The van der Waals surface area contributed by atoms with Gasteiger partial charge in [0.2, 0.25) is 0 Å². The molecule has 1 aliphatic heterocycles. The summed E-state index contributed by atoms with van der Waals surface area (Å²) in [5.74, 6) is 1.25. The lowest BCUT2D eigenvalue weighted by atomic mass is 10.0. The topological polar surface area (TPSA) is 29.5 Å². The number of rotatable bonds is 0. The van der Waals surface area contributed by atoms with E-state index in [4.69, 9.17) is 4.74 Å². The van der Waals surface area contributed by atoms with Crippen LogP contribution in [0.5, 0.6) is 11.5 Å². The summed E-state index contributed by atoms with van der Waals surface area (Å²) in [4.78, 5) is 0. The molecule has 0 fully saturated rings. The lowest BCUT2D eigenvalue weighted by Gasteiger charge is -2.06. The van der Waals surface area contributed by atoms with Gasteiger partial charge in [0.15, 0.2) is 0 Å². The minimum absolute atomic E-state index is 0.285. The van der Waals surface area contributed by atoms with Gasteiger partial charge in [-0.15, -0.1) is 0 Å². The van der Waals surface area contributed by atoms with E-state index in [9.17, 15) is 5.11 Å². The van der Waals surface area contributed by atoms with Crippen LogP contribution in [0.4, 0.5) is 0 Å². The molecule has 2 aromatic carbocycles. The van der Waals surface area contributed by atoms with Gasteiger partial charge in [-0.3, -0.25) is 0 Å². The second-order valence-electron chi connectivity index (χ2n) is 3.67. The summed E-state index contributed by atoms with van der Waals surface area (Å²) in [6, 6.07) is 7.44. The van der Waals surface area contributed by atoms with Gasteiger partial charge in [0.05, 0.1) is 6.61 Å². The number of phenols is 1. The number of ether oxygens (including phenoxy) is 1. The predicted octanol–water partition coefficient (Wildman–Crippen LogP) is 3.24. The number of hydrogen-bond donors (Lipinski definition) is 1. The maximum Gasteiger partial charge on any atom is 0.123 e. The highest BCUT2D eigenvalue weighted by Crippen LogP contribution is 2.38. The molecule has 3 heteroatoms. The van der Waals surface area contributed by atoms with E-state index in [1.807, 2.05) is 12.1 Å². The van der Waals surface area contributed by atoms with Crippen molar-refractivity contribution in [3.05, 3.63) is 34.3 Å². The van der Waals surface area contributed by atoms with Gasteiger partial charge >= 0.3 is 0 Å². The average molecular weight is 265 g/mol. The fourth-order valence-electron chi connectivity index (χ4n) is 2.10. The van der Waals surface area contributed by atoms with Crippen molar-refractivity contribution >= 4 is 26.7 Å². The maximum absolute atomic E-state index is 9.50. The van der Waals surface area contributed by atoms with Gasteiger partial charge in [0.25, 0.3) is 0 Å². The SMILES string of the molecule is Oc1cc(Br)c2c3c(ccc2c1)OCC3. The lowest BCUT2D eigenvalue weighted by molar-refractivity contribution is 0.357. The van der Waals surface area contributed by atoms with Crippen LogP contribution in [0.1, 0.15) is 5.56 Å². The van der Waals surface area contributed by atoms with Crippen molar-refractivity contribution in [1.29, 1.82) is 0 Å².